The summed E-state index contributed by atoms with van der Waals surface area (Å²) in [5.74, 6) is -4.38. The molecule has 0 amide bonds. The molecule has 0 fully saturated rings. The van der Waals surface area contributed by atoms with Gasteiger partial charge >= 0.3 is 5.76 Å². The molecule has 0 radical (unpaired) electrons. The van der Waals surface area contributed by atoms with E-state index in [1.54, 1.807) is 0 Å². The van der Waals surface area contributed by atoms with Gasteiger partial charge in [-0.3, -0.25) is 9.97 Å². The fraction of sp³-hybridized carbons (Fsp3) is 0.214. The van der Waals surface area contributed by atoms with Crippen LogP contribution in [0.4, 0.5) is 17.6 Å². The first-order valence-corrected chi connectivity index (χ1v) is 6.91. The lowest BCUT2D eigenvalue weighted by Crippen LogP contribution is -2.15. The van der Waals surface area contributed by atoms with Crippen molar-refractivity contribution in [3.63, 3.8) is 0 Å². The molecule has 0 saturated heterocycles. The Bertz CT molecular complexity index is 978. The molecular weight excluding hydrogens is 354 g/mol. The highest BCUT2D eigenvalue weighted by Gasteiger charge is 2.34. The molecule has 1 aromatic carbocycles. The summed E-state index contributed by atoms with van der Waals surface area (Å²) in [7, 11) is 0. The fourth-order valence-corrected chi connectivity index (χ4v) is 2.42. The SMILES string of the molecule is CC(F)(F)c1ncc(-c2ccc(Cl)c3[nH]c(=O)oc23)nc1C(F)F. The van der Waals surface area contributed by atoms with Crippen LogP contribution in [0.25, 0.3) is 22.4 Å². The molecule has 0 atom stereocenters. The largest absolute Gasteiger partial charge is 0.417 e. The molecule has 0 aliphatic heterocycles. The normalized spacial score (nSPS) is 12.3. The van der Waals surface area contributed by atoms with E-state index in [0.717, 1.165) is 6.20 Å². The van der Waals surface area contributed by atoms with E-state index in [9.17, 15) is 22.4 Å². The van der Waals surface area contributed by atoms with Gasteiger partial charge in [-0.05, 0) is 12.1 Å². The van der Waals surface area contributed by atoms with Gasteiger partial charge in [0, 0.05) is 12.5 Å². The number of aromatic nitrogens is 3. The summed E-state index contributed by atoms with van der Waals surface area (Å²) in [6.07, 6.45) is -2.34. The van der Waals surface area contributed by atoms with Crippen LogP contribution in [-0.4, -0.2) is 15.0 Å². The highest BCUT2D eigenvalue weighted by atomic mass is 35.5. The third kappa shape index (κ3) is 2.75. The number of rotatable bonds is 3. The Morgan fingerprint density at radius 2 is 2.04 bits per heavy atom. The van der Waals surface area contributed by atoms with E-state index in [1.165, 1.54) is 12.1 Å². The van der Waals surface area contributed by atoms with Gasteiger partial charge in [-0.15, -0.1) is 0 Å². The summed E-state index contributed by atoms with van der Waals surface area (Å²) in [6.45, 7) is 0.453. The van der Waals surface area contributed by atoms with E-state index < -0.39 is 29.5 Å². The average Bonchev–Trinajstić information content (AvgIpc) is 2.88. The Balaban J connectivity index is 2.26. The number of fused-ring (bicyclic) bond motifs is 1. The lowest BCUT2D eigenvalue weighted by Gasteiger charge is -2.14. The molecule has 3 aromatic rings. The van der Waals surface area contributed by atoms with Crippen molar-refractivity contribution >= 4 is 22.7 Å². The molecule has 0 unspecified atom stereocenters. The Morgan fingerprint density at radius 3 is 2.67 bits per heavy atom. The van der Waals surface area contributed by atoms with Crippen molar-refractivity contribution in [2.24, 2.45) is 0 Å². The van der Waals surface area contributed by atoms with E-state index in [-0.39, 0.29) is 27.4 Å². The second-order valence-corrected chi connectivity index (χ2v) is 5.40. The molecule has 0 saturated carbocycles. The maximum absolute atomic E-state index is 13.4. The summed E-state index contributed by atoms with van der Waals surface area (Å²) in [5, 5.41) is 0.165. The third-order valence-corrected chi connectivity index (χ3v) is 3.54. The quantitative estimate of drug-likeness (QED) is 0.707. The summed E-state index contributed by atoms with van der Waals surface area (Å²) in [6, 6.07) is 2.75. The second kappa shape index (κ2) is 5.59. The maximum Gasteiger partial charge on any atom is 0.417 e. The first-order valence-electron chi connectivity index (χ1n) is 6.53. The monoisotopic (exact) mass is 361 g/mol. The van der Waals surface area contributed by atoms with Crippen LogP contribution in [0.1, 0.15) is 24.7 Å². The zero-order valence-corrected chi connectivity index (χ0v) is 12.7. The number of benzene rings is 1. The van der Waals surface area contributed by atoms with Crippen molar-refractivity contribution in [1.29, 1.82) is 0 Å². The topological polar surface area (TPSA) is 71.8 Å². The molecule has 0 spiro atoms. The smallest absolute Gasteiger partial charge is 0.407 e. The van der Waals surface area contributed by atoms with Crippen molar-refractivity contribution < 1.29 is 22.0 Å². The first-order chi connectivity index (χ1) is 11.2. The molecule has 0 aliphatic carbocycles. The van der Waals surface area contributed by atoms with Gasteiger partial charge in [0.25, 0.3) is 12.3 Å². The minimum atomic E-state index is -3.58. The molecule has 2 heterocycles. The van der Waals surface area contributed by atoms with Gasteiger partial charge < -0.3 is 4.42 Å². The molecule has 3 rings (SSSR count). The minimum absolute atomic E-state index is 0.0296. The highest BCUT2D eigenvalue weighted by molar-refractivity contribution is 6.35. The van der Waals surface area contributed by atoms with Crippen LogP contribution in [0, 0.1) is 0 Å². The van der Waals surface area contributed by atoms with Gasteiger partial charge in [0.05, 0.1) is 16.9 Å². The van der Waals surface area contributed by atoms with Crippen LogP contribution in [0.3, 0.4) is 0 Å². The van der Waals surface area contributed by atoms with Crippen LogP contribution >= 0.6 is 11.6 Å². The molecule has 5 nitrogen and oxygen atoms in total. The zero-order chi connectivity index (χ0) is 17.6. The number of nitrogens with zero attached hydrogens (tertiary/aromatic N) is 2. The highest BCUT2D eigenvalue weighted by Crippen LogP contribution is 2.35. The summed E-state index contributed by atoms with van der Waals surface area (Å²) >= 11 is 5.91. The van der Waals surface area contributed by atoms with Crippen molar-refractivity contribution in [1.82, 2.24) is 15.0 Å². The number of oxazole rings is 1. The second-order valence-electron chi connectivity index (χ2n) is 4.99. The fourth-order valence-electron chi connectivity index (χ4n) is 2.23. The lowest BCUT2D eigenvalue weighted by molar-refractivity contribution is 0.00648. The number of hydrogen-bond acceptors (Lipinski definition) is 4. The molecule has 10 heteroatoms. The molecule has 24 heavy (non-hydrogen) atoms. The Kier molecular flexibility index (Phi) is 3.83. The van der Waals surface area contributed by atoms with Gasteiger partial charge in [-0.1, -0.05) is 11.6 Å². The number of aromatic amines is 1. The van der Waals surface area contributed by atoms with E-state index in [0.29, 0.717) is 6.92 Å². The van der Waals surface area contributed by atoms with Crippen LogP contribution in [0.15, 0.2) is 27.5 Å². The number of H-pyrrole nitrogens is 1. The van der Waals surface area contributed by atoms with Crippen LogP contribution in [-0.2, 0) is 5.92 Å². The van der Waals surface area contributed by atoms with Crippen LogP contribution < -0.4 is 5.76 Å². The molecule has 0 bridgehead atoms. The zero-order valence-electron chi connectivity index (χ0n) is 11.9. The lowest BCUT2D eigenvalue weighted by atomic mass is 10.1. The minimum Gasteiger partial charge on any atom is -0.407 e. The molecule has 126 valence electrons. The molecule has 0 aliphatic rings. The summed E-state index contributed by atoms with van der Waals surface area (Å²) in [4.78, 5) is 20.7. The van der Waals surface area contributed by atoms with E-state index in [4.69, 9.17) is 16.0 Å². The maximum atomic E-state index is 13.4. The van der Waals surface area contributed by atoms with Crippen LogP contribution in [0.2, 0.25) is 5.02 Å². The van der Waals surface area contributed by atoms with E-state index in [1.807, 2.05) is 0 Å². The number of nitrogens with one attached hydrogen (secondary N) is 1. The van der Waals surface area contributed by atoms with Gasteiger partial charge in [-0.25, -0.2) is 18.6 Å². The number of halogens is 5. The summed E-state index contributed by atoms with van der Waals surface area (Å²) in [5.41, 5.74) is -2.17. The third-order valence-electron chi connectivity index (χ3n) is 3.23. The molecule has 2 aromatic heterocycles. The Labute approximate surface area is 136 Å². The van der Waals surface area contributed by atoms with E-state index in [2.05, 4.69) is 15.0 Å². The van der Waals surface area contributed by atoms with Crippen LogP contribution in [0.5, 0.6) is 0 Å². The first kappa shape index (κ1) is 16.4. The van der Waals surface area contributed by atoms with Crippen molar-refractivity contribution in [2.75, 3.05) is 0 Å². The van der Waals surface area contributed by atoms with Gasteiger partial charge in [-0.2, -0.15) is 8.78 Å². The number of alkyl halides is 4. The van der Waals surface area contributed by atoms with Crippen molar-refractivity contribution in [2.45, 2.75) is 19.3 Å². The predicted octanol–water partition coefficient (Wildman–Crippen LogP) is 4.28. The number of hydrogen-bond donors (Lipinski definition) is 1. The van der Waals surface area contributed by atoms with Crippen molar-refractivity contribution in [3.05, 3.63) is 45.3 Å². The average molecular weight is 362 g/mol. The standard InChI is InChI=1S/C14H8ClF4N3O2/c1-14(18,19)11-9(12(16)17)21-7(4-20-11)5-2-3-6(15)8-10(5)24-13(23)22-8/h2-4,12H,1H3,(H,22,23). The van der Waals surface area contributed by atoms with Gasteiger partial charge in [0.15, 0.2) is 5.58 Å². The Morgan fingerprint density at radius 1 is 1.33 bits per heavy atom. The van der Waals surface area contributed by atoms with Gasteiger partial charge in [0.2, 0.25) is 0 Å². The van der Waals surface area contributed by atoms with Crippen molar-refractivity contribution in [3.8, 4) is 11.3 Å². The Hall–Kier alpha value is -2.42. The predicted molar refractivity (Wildman–Crippen MR) is 77.4 cm³/mol. The summed E-state index contributed by atoms with van der Waals surface area (Å²) < 4.78 is 57.9. The molecule has 1 N–H and O–H groups in total. The van der Waals surface area contributed by atoms with E-state index >= 15 is 0 Å². The van der Waals surface area contributed by atoms with Gasteiger partial charge in [0.1, 0.15) is 16.9 Å². The molecular formula is C14H8ClF4N3O2.